The molecule has 1 saturated heterocycles. The van der Waals surface area contributed by atoms with Crippen LogP contribution < -0.4 is 5.32 Å². The lowest BCUT2D eigenvalue weighted by molar-refractivity contribution is -0.136. The topological polar surface area (TPSA) is 38.3 Å². The van der Waals surface area contributed by atoms with E-state index in [9.17, 15) is 4.79 Å². The fourth-order valence-electron chi connectivity index (χ4n) is 6.17. The quantitative estimate of drug-likeness (QED) is 0.891. The van der Waals surface area contributed by atoms with Crippen molar-refractivity contribution >= 4 is 5.91 Å². The van der Waals surface area contributed by atoms with Crippen molar-refractivity contribution in [3.63, 3.8) is 0 Å². The minimum absolute atomic E-state index is 0.104. The second kappa shape index (κ2) is 5.32. The Morgan fingerprint density at radius 3 is 2.83 bits per heavy atom. The molecule has 1 aliphatic heterocycles. The predicted molar refractivity (Wildman–Crippen MR) is 94.5 cm³/mol. The van der Waals surface area contributed by atoms with Gasteiger partial charge in [-0.3, -0.25) is 4.79 Å². The monoisotopic (exact) mass is 327 g/mol. The maximum absolute atomic E-state index is 11.9. The van der Waals surface area contributed by atoms with Gasteiger partial charge in [0, 0.05) is 19.6 Å². The van der Waals surface area contributed by atoms with E-state index in [0.29, 0.717) is 11.8 Å². The van der Waals surface area contributed by atoms with E-state index in [0.717, 1.165) is 13.0 Å². The molecule has 3 aliphatic rings. The van der Waals surface area contributed by atoms with Gasteiger partial charge in [0.2, 0.25) is 5.91 Å². The molecule has 0 unspecified atom stereocenters. The zero-order valence-electron chi connectivity index (χ0n) is 15.3. The van der Waals surface area contributed by atoms with Crippen LogP contribution in [0, 0.1) is 29.6 Å². The van der Waals surface area contributed by atoms with Crippen LogP contribution in [-0.2, 0) is 9.53 Å². The highest BCUT2D eigenvalue weighted by Crippen LogP contribution is 2.70. The lowest BCUT2D eigenvalue weighted by Crippen LogP contribution is -2.58. The fourth-order valence-corrected chi connectivity index (χ4v) is 6.17. The first-order chi connectivity index (χ1) is 11.3. The standard InChI is InChI=1S/C21H29NO2/c1-13-6-5-7-15(10-13)18-17-11-16-12-21(17,8-9-24-18)19(20(16,3)4)22-14(2)23/h5-7,10,16-19H,8-9,11-12H2,1-4H3,(H,22,23)/t16-,17-,18-,19+,21-/m1/s1. The lowest BCUT2D eigenvalue weighted by Gasteiger charge is -2.53. The van der Waals surface area contributed by atoms with Gasteiger partial charge in [-0.05, 0) is 54.4 Å². The molecule has 3 fully saturated rings. The van der Waals surface area contributed by atoms with Crippen LogP contribution in [0.2, 0.25) is 0 Å². The maximum Gasteiger partial charge on any atom is 0.217 e. The van der Waals surface area contributed by atoms with Crippen molar-refractivity contribution < 1.29 is 9.53 Å². The summed E-state index contributed by atoms with van der Waals surface area (Å²) in [6, 6.07) is 9.03. The number of benzene rings is 1. The molecular formula is C21H29NO2. The van der Waals surface area contributed by atoms with E-state index < -0.39 is 0 Å². The summed E-state index contributed by atoms with van der Waals surface area (Å²) >= 11 is 0. The number of carbonyl (C=O) groups is 1. The van der Waals surface area contributed by atoms with E-state index >= 15 is 0 Å². The number of nitrogens with one attached hydrogen (secondary N) is 1. The van der Waals surface area contributed by atoms with Gasteiger partial charge in [0.1, 0.15) is 0 Å². The highest BCUT2D eigenvalue weighted by Gasteiger charge is 2.68. The van der Waals surface area contributed by atoms with Crippen molar-refractivity contribution in [3.8, 4) is 0 Å². The molecule has 1 amide bonds. The molecular weight excluding hydrogens is 298 g/mol. The van der Waals surface area contributed by atoms with E-state index in [2.05, 4.69) is 50.4 Å². The largest absolute Gasteiger partial charge is 0.373 e. The highest BCUT2D eigenvalue weighted by atomic mass is 16.5. The fraction of sp³-hybridized carbons (Fsp3) is 0.667. The molecule has 1 N–H and O–H groups in total. The number of fused-ring (bicyclic) bond motifs is 1. The van der Waals surface area contributed by atoms with Gasteiger partial charge < -0.3 is 10.1 Å². The lowest BCUT2D eigenvalue weighted by atomic mass is 9.59. The minimum atomic E-state index is 0.104. The van der Waals surface area contributed by atoms with Crippen LogP contribution in [-0.4, -0.2) is 18.6 Å². The van der Waals surface area contributed by atoms with Gasteiger partial charge in [-0.15, -0.1) is 0 Å². The Morgan fingerprint density at radius 1 is 1.33 bits per heavy atom. The molecule has 2 saturated carbocycles. The average molecular weight is 327 g/mol. The Kier molecular flexibility index (Phi) is 3.58. The molecule has 2 aliphatic carbocycles. The first-order valence-electron chi connectivity index (χ1n) is 9.30. The van der Waals surface area contributed by atoms with Gasteiger partial charge in [-0.1, -0.05) is 43.7 Å². The van der Waals surface area contributed by atoms with Crippen molar-refractivity contribution in [1.29, 1.82) is 0 Å². The van der Waals surface area contributed by atoms with E-state index in [1.54, 1.807) is 6.92 Å². The molecule has 1 aromatic rings. The van der Waals surface area contributed by atoms with Gasteiger partial charge in [0.05, 0.1) is 6.10 Å². The molecule has 5 atom stereocenters. The zero-order valence-corrected chi connectivity index (χ0v) is 15.3. The number of carbonyl (C=O) groups excluding carboxylic acids is 1. The minimum Gasteiger partial charge on any atom is -0.373 e. The van der Waals surface area contributed by atoms with Gasteiger partial charge in [-0.2, -0.15) is 0 Å². The Balaban J connectivity index is 1.72. The third-order valence-corrected chi connectivity index (χ3v) is 7.22. The molecule has 3 nitrogen and oxygen atoms in total. The Hall–Kier alpha value is -1.35. The van der Waals surface area contributed by atoms with Gasteiger partial charge in [-0.25, -0.2) is 0 Å². The second-order valence-electron chi connectivity index (χ2n) is 8.89. The summed E-state index contributed by atoms with van der Waals surface area (Å²) in [6.07, 6.45) is 3.71. The number of amides is 1. The van der Waals surface area contributed by atoms with Crippen molar-refractivity contribution in [2.24, 2.45) is 22.7 Å². The predicted octanol–water partition coefficient (Wildman–Crippen LogP) is 4.01. The summed E-state index contributed by atoms with van der Waals surface area (Å²) in [5, 5.41) is 3.34. The van der Waals surface area contributed by atoms with E-state index in [4.69, 9.17) is 4.74 Å². The maximum atomic E-state index is 11.9. The van der Waals surface area contributed by atoms with Gasteiger partial charge >= 0.3 is 0 Å². The van der Waals surface area contributed by atoms with Crippen LogP contribution in [0.5, 0.6) is 0 Å². The normalized spacial score (nSPS) is 39.5. The molecule has 1 spiro atoms. The first-order valence-corrected chi connectivity index (χ1v) is 9.30. The molecule has 4 rings (SSSR count). The van der Waals surface area contributed by atoms with Crippen LogP contribution in [0.3, 0.4) is 0 Å². The molecule has 2 bridgehead atoms. The summed E-state index contributed by atoms with van der Waals surface area (Å²) in [4.78, 5) is 11.9. The third kappa shape index (κ3) is 2.17. The summed E-state index contributed by atoms with van der Waals surface area (Å²) in [5.41, 5.74) is 2.98. The molecule has 24 heavy (non-hydrogen) atoms. The molecule has 130 valence electrons. The van der Waals surface area contributed by atoms with Crippen molar-refractivity contribution in [3.05, 3.63) is 35.4 Å². The number of ether oxygens (including phenoxy) is 1. The molecule has 1 aromatic carbocycles. The van der Waals surface area contributed by atoms with Crippen molar-refractivity contribution in [1.82, 2.24) is 5.32 Å². The van der Waals surface area contributed by atoms with Gasteiger partial charge in [0.15, 0.2) is 0 Å². The zero-order chi connectivity index (χ0) is 17.1. The Morgan fingerprint density at radius 2 is 2.12 bits per heavy atom. The SMILES string of the molecule is CC(=O)N[C@H]1C(C)(C)[C@@H]2C[C@@H]3[C@@H](c4cccc(C)c4)OCC[C@@]31C2. The van der Waals surface area contributed by atoms with E-state index in [1.165, 1.54) is 24.0 Å². The summed E-state index contributed by atoms with van der Waals surface area (Å²) in [7, 11) is 0. The molecule has 0 radical (unpaired) electrons. The molecule has 0 aromatic heterocycles. The molecule has 3 heteroatoms. The smallest absolute Gasteiger partial charge is 0.217 e. The van der Waals surface area contributed by atoms with Crippen LogP contribution in [0.25, 0.3) is 0 Å². The van der Waals surface area contributed by atoms with E-state index in [-0.39, 0.29) is 28.9 Å². The summed E-state index contributed by atoms with van der Waals surface area (Å²) in [6.45, 7) is 9.30. The second-order valence-corrected chi connectivity index (χ2v) is 8.89. The van der Waals surface area contributed by atoms with Gasteiger partial charge in [0.25, 0.3) is 0 Å². The van der Waals surface area contributed by atoms with Crippen LogP contribution >= 0.6 is 0 Å². The van der Waals surface area contributed by atoms with Crippen molar-refractivity contribution in [2.45, 2.75) is 59.1 Å². The Bertz CT molecular complexity index is 668. The number of hydrogen-bond donors (Lipinski definition) is 1. The number of aryl methyl sites for hydroxylation is 1. The van der Waals surface area contributed by atoms with Crippen LogP contribution in [0.15, 0.2) is 24.3 Å². The third-order valence-electron chi connectivity index (χ3n) is 7.22. The number of hydrogen-bond acceptors (Lipinski definition) is 2. The van der Waals surface area contributed by atoms with Crippen LogP contribution in [0.4, 0.5) is 0 Å². The summed E-state index contributed by atoms with van der Waals surface area (Å²) in [5.74, 6) is 1.30. The Labute approximate surface area is 145 Å². The van der Waals surface area contributed by atoms with Crippen molar-refractivity contribution in [2.75, 3.05) is 6.61 Å². The first kappa shape index (κ1) is 16.1. The molecule has 1 heterocycles. The number of rotatable bonds is 2. The summed E-state index contributed by atoms with van der Waals surface area (Å²) < 4.78 is 6.29. The average Bonchev–Trinajstić information content (AvgIpc) is 3.00. The van der Waals surface area contributed by atoms with Crippen LogP contribution in [0.1, 0.15) is 57.3 Å². The van der Waals surface area contributed by atoms with E-state index in [1.807, 2.05) is 0 Å². The highest BCUT2D eigenvalue weighted by molar-refractivity contribution is 5.73.